The lowest BCUT2D eigenvalue weighted by Gasteiger charge is -2.12. The standard InChI is InChI=1S/C22H24N2O4S2/c1-16-8-9-21(14-18(16)3)24-30(27,28)22-12-10-20(11-13-22)23-29(25,26)15-19-7-5-4-6-17(19)2/h4-14,23-24H,15H2,1-3H3. The molecule has 0 saturated heterocycles. The Balaban J connectivity index is 1.73. The summed E-state index contributed by atoms with van der Waals surface area (Å²) < 4.78 is 55.2. The zero-order valence-corrected chi connectivity index (χ0v) is 18.6. The Morgan fingerprint density at radius 2 is 1.30 bits per heavy atom. The van der Waals surface area contributed by atoms with Crippen LogP contribution in [0.15, 0.2) is 71.6 Å². The Labute approximate surface area is 178 Å². The van der Waals surface area contributed by atoms with Gasteiger partial charge in [0.1, 0.15) is 0 Å². The molecule has 0 heterocycles. The summed E-state index contributed by atoms with van der Waals surface area (Å²) >= 11 is 0. The van der Waals surface area contributed by atoms with Crippen molar-refractivity contribution in [2.45, 2.75) is 31.4 Å². The van der Waals surface area contributed by atoms with Gasteiger partial charge >= 0.3 is 0 Å². The van der Waals surface area contributed by atoms with E-state index in [4.69, 9.17) is 0 Å². The van der Waals surface area contributed by atoms with Crippen LogP contribution in [0.4, 0.5) is 11.4 Å². The zero-order chi connectivity index (χ0) is 21.9. The average Bonchev–Trinajstić information content (AvgIpc) is 2.66. The van der Waals surface area contributed by atoms with E-state index in [0.29, 0.717) is 16.9 Å². The van der Waals surface area contributed by atoms with Gasteiger partial charge in [-0.05, 0) is 79.4 Å². The van der Waals surface area contributed by atoms with Crippen molar-refractivity contribution in [1.82, 2.24) is 0 Å². The lowest BCUT2D eigenvalue weighted by Crippen LogP contribution is -2.16. The van der Waals surface area contributed by atoms with Crippen LogP contribution in [0.2, 0.25) is 0 Å². The quantitative estimate of drug-likeness (QED) is 0.566. The number of aryl methyl sites for hydroxylation is 3. The van der Waals surface area contributed by atoms with Crippen LogP contribution < -0.4 is 9.44 Å². The number of anilines is 2. The van der Waals surface area contributed by atoms with Gasteiger partial charge in [0, 0.05) is 11.4 Å². The first-order valence-electron chi connectivity index (χ1n) is 9.31. The minimum atomic E-state index is -3.78. The van der Waals surface area contributed by atoms with E-state index in [1.165, 1.54) is 24.3 Å². The van der Waals surface area contributed by atoms with Crippen LogP contribution in [0.3, 0.4) is 0 Å². The Morgan fingerprint density at radius 3 is 1.93 bits per heavy atom. The molecule has 0 spiro atoms. The van der Waals surface area contributed by atoms with E-state index >= 15 is 0 Å². The summed E-state index contributed by atoms with van der Waals surface area (Å²) in [5, 5.41) is 0. The SMILES string of the molecule is Cc1ccc(NS(=O)(=O)c2ccc(NS(=O)(=O)Cc3ccccc3C)cc2)cc1C. The molecule has 30 heavy (non-hydrogen) atoms. The third-order valence-electron chi connectivity index (χ3n) is 4.80. The van der Waals surface area contributed by atoms with E-state index in [1.807, 2.05) is 39.0 Å². The van der Waals surface area contributed by atoms with Crippen molar-refractivity contribution in [2.75, 3.05) is 9.44 Å². The molecule has 6 nitrogen and oxygen atoms in total. The molecule has 0 aliphatic carbocycles. The van der Waals surface area contributed by atoms with E-state index in [0.717, 1.165) is 16.7 Å². The molecule has 3 rings (SSSR count). The van der Waals surface area contributed by atoms with Crippen LogP contribution in [0.1, 0.15) is 22.3 Å². The van der Waals surface area contributed by atoms with E-state index in [9.17, 15) is 16.8 Å². The zero-order valence-electron chi connectivity index (χ0n) is 17.0. The molecule has 0 aliphatic heterocycles. The van der Waals surface area contributed by atoms with Crippen LogP contribution in [0.25, 0.3) is 0 Å². The van der Waals surface area contributed by atoms with Crippen LogP contribution in [-0.4, -0.2) is 16.8 Å². The Bertz CT molecular complexity index is 1270. The minimum Gasteiger partial charge on any atom is -0.283 e. The van der Waals surface area contributed by atoms with Gasteiger partial charge in [0.2, 0.25) is 10.0 Å². The number of hydrogen-bond donors (Lipinski definition) is 2. The van der Waals surface area contributed by atoms with E-state index in [-0.39, 0.29) is 10.6 Å². The Morgan fingerprint density at radius 1 is 0.667 bits per heavy atom. The summed E-state index contributed by atoms with van der Waals surface area (Å²) in [7, 11) is -7.42. The average molecular weight is 445 g/mol. The van der Waals surface area contributed by atoms with Crippen molar-refractivity contribution in [3.63, 3.8) is 0 Å². The van der Waals surface area contributed by atoms with Gasteiger partial charge in [0.05, 0.1) is 10.6 Å². The maximum Gasteiger partial charge on any atom is 0.261 e. The molecule has 158 valence electrons. The molecule has 0 radical (unpaired) electrons. The van der Waals surface area contributed by atoms with Crippen molar-refractivity contribution in [2.24, 2.45) is 0 Å². The number of sulfonamides is 2. The molecule has 0 bridgehead atoms. The minimum absolute atomic E-state index is 0.0441. The predicted octanol–water partition coefficient (Wildman–Crippen LogP) is 4.35. The summed E-state index contributed by atoms with van der Waals surface area (Å²) in [5.41, 5.74) is 4.42. The lowest BCUT2D eigenvalue weighted by atomic mass is 10.1. The van der Waals surface area contributed by atoms with Gasteiger partial charge in [-0.2, -0.15) is 0 Å². The number of nitrogens with one attached hydrogen (secondary N) is 2. The Kier molecular flexibility index (Phi) is 6.19. The second-order valence-electron chi connectivity index (χ2n) is 7.22. The smallest absolute Gasteiger partial charge is 0.261 e. The highest BCUT2D eigenvalue weighted by Crippen LogP contribution is 2.21. The molecular weight excluding hydrogens is 420 g/mol. The molecule has 0 aromatic heterocycles. The van der Waals surface area contributed by atoms with E-state index < -0.39 is 20.0 Å². The molecule has 2 N–H and O–H groups in total. The van der Waals surface area contributed by atoms with Crippen molar-refractivity contribution in [3.8, 4) is 0 Å². The van der Waals surface area contributed by atoms with E-state index in [1.54, 1.807) is 24.3 Å². The monoisotopic (exact) mass is 444 g/mol. The number of hydrogen-bond acceptors (Lipinski definition) is 4. The number of benzene rings is 3. The van der Waals surface area contributed by atoms with Gasteiger partial charge < -0.3 is 0 Å². The van der Waals surface area contributed by atoms with Crippen LogP contribution >= 0.6 is 0 Å². The molecule has 0 fully saturated rings. The van der Waals surface area contributed by atoms with Gasteiger partial charge in [0.15, 0.2) is 0 Å². The van der Waals surface area contributed by atoms with Gasteiger partial charge in [-0.1, -0.05) is 30.3 Å². The molecule has 3 aromatic rings. The normalized spacial score (nSPS) is 11.8. The molecule has 0 aliphatic rings. The molecule has 0 unspecified atom stereocenters. The maximum absolute atomic E-state index is 12.6. The molecular formula is C22H24N2O4S2. The summed E-state index contributed by atoms with van der Waals surface area (Å²) in [6, 6.07) is 18.2. The van der Waals surface area contributed by atoms with Crippen LogP contribution in [-0.2, 0) is 25.8 Å². The van der Waals surface area contributed by atoms with E-state index in [2.05, 4.69) is 9.44 Å². The van der Waals surface area contributed by atoms with Crippen LogP contribution in [0, 0.1) is 20.8 Å². The van der Waals surface area contributed by atoms with Crippen molar-refractivity contribution >= 4 is 31.4 Å². The van der Waals surface area contributed by atoms with Gasteiger partial charge in [-0.15, -0.1) is 0 Å². The van der Waals surface area contributed by atoms with Crippen LogP contribution in [0.5, 0.6) is 0 Å². The summed E-state index contributed by atoms with van der Waals surface area (Å²) in [6.45, 7) is 5.71. The second-order valence-corrected chi connectivity index (χ2v) is 10.6. The first-order chi connectivity index (χ1) is 14.1. The third-order valence-corrected chi connectivity index (χ3v) is 7.44. The first kappa shape index (κ1) is 21.9. The molecule has 0 atom stereocenters. The van der Waals surface area contributed by atoms with Gasteiger partial charge in [-0.25, -0.2) is 16.8 Å². The van der Waals surface area contributed by atoms with Crippen molar-refractivity contribution in [3.05, 3.63) is 89.0 Å². The Hall–Kier alpha value is -2.84. The largest absolute Gasteiger partial charge is 0.283 e. The summed E-state index contributed by atoms with van der Waals surface area (Å²) in [6.07, 6.45) is 0. The molecule has 0 saturated carbocycles. The number of rotatable bonds is 7. The fourth-order valence-electron chi connectivity index (χ4n) is 2.91. The summed E-state index contributed by atoms with van der Waals surface area (Å²) in [5.74, 6) is -0.159. The fraction of sp³-hybridized carbons (Fsp3) is 0.182. The predicted molar refractivity (Wildman–Crippen MR) is 121 cm³/mol. The van der Waals surface area contributed by atoms with Gasteiger partial charge in [-0.3, -0.25) is 9.44 Å². The van der Waals surface area contributed by atoms with Gasteiger partial charge in [0.25, 0.3) is 10.0 Å². The summed E-state index contributed by atoms with van der Waals surface area (Å²) in [4.78, 5) is 0.0441. The highest BCUT2D eigenvalue weighted by Gasteiger charge is 2.17. The van der Waals surface area contributed by atoms with Crippen molar-refractivity contribution in [1.29, 1.82) is 0 Å². The second kappa shape index (κ2) is 8.49. The third kappa shape index (κ3) is 5.40. The highest BCUT2D eigenvalue weighted by molar-refractivity contribution is 7.92. The maximum atomic E-state index is 12.6. The molecule has 0 amide bonds. The topological polar surface area (TPSA) is 92.3 Å². The lowest BCUT2D eigenvalue weighted by molar-refractivity contribution is 0.599. The van der Waals surface area contributed by atoms with Crippen molar-refractivity contribution < 1.29 is 16.8 Å². The molecule has 3 aromatic carbocycles. The fourth-order valence-corrected chi connectivity index (χ4v) is 5.26. The first-order valence-corrected chi connectivity index (χ1v) is 12.4. The highest BCUT2D eigenvalue weighted by atomic mass is 32.2. The molecule has 8 heteroatoms.